The fourth-order valence-corrected chi connectivity index (χ4v) is 3.44. The molecule has 0 radical (unpaired) electrons. The maximum absolute atomic E-state index is 10.5. The van der Waals surface area contributed by atoms with Crippen LogP contribution in [0.2, 0.25) is 0 Å². The number of aryl methyl sites for hydroxylation is 2. The van der Waals surface area contributed by atoms with Gasteiger partial charge in [-0.15, -0.1) is 0 Å². The first kappa shape index (κ1) is 11.2. The van der Waals surface area contributed by atoms with Gasteiger partial charge in [-0.3, -0.25) is 0 Å². The van der Waals surface area contributed by atoms with Crippen molar-refractivity contribution in [1.29, 1.82) is 0 Å². The van der Waals surface area contributed by atoms with Gasteiger partial charge in [-0.2, -0.15) is 0 Å². The zero-order chi connectivity index (χ0) is 12.0. The molecule has 1 aromatic rings. The summed E-state index contributed by atoms with van der Waals surface area (Å²) in [5, 5.41) is 10.5. The Morgan fingerprint density at radius 2 is 1.88 bits per heavy atom. The zero-order valence-corrected chi connectivity index (χ0v) is 10.5. The van der Waals surface area contributed by atoms with Gasteiger partial charge in [0.25, 0.3) is 0 Å². The molecular formula is C15H20O2. The summed E-state index contributed by atoms with van der Waals surface area (Å²) in [4.78, 5) is 0. The van der Waals surface area contributed by atoms with E-state index >= 15 is 0 Å². The fourth-order valence-electron chi connectivity index (χ4n) is 3.44. The number of fused-ring (bicyclic) bond motifs is 2. The van der Waals surface area contributed by atoms with Gasteiger partial charge in [0.1, 0.15) is 0 Å². The normalized spacial score (nSPS) is 33.0. The molecule has 0 aliphatic carbocycles. The lowest BCUT2D eigenvalue weighted by atomic mass is 9.82. The SMILES string of the molecule is Cc1cc(C)cc(C(O)C2CC3CCC2O3)c1. The highest BCUT2D eigenvalue weighted by molar-refractivity contribution is 5.30. The lowest BCUT2D eigenvalue weighted by Gasteiger charge is -2.25. The van der Waals surface area contributed by atoms with E-state index < -0.39 is 0 Å². The molecule has 4 unspecified atom stereocenters. The lowest BCUT2D eigenvalue weighted by molar-refractivity contribution is 0.0422. The minimum atomic E-state index is -0.358. The first-order chi connectivity index (χ1) is 8.13. The molecular weight excluding hydrogens is 212 g/mol. The topological polar surface area (TPSA) is 29.5 Å². The Labute approximate surface area is 103 Å². The van der Waals surface area contributed by atoms with Crippen molar-refractivity contribution in [2.45, 2.75) is 51.4 Å². The number of rotatable bonds is 2. The molecule has 0 aromatic heterocycles. The highest BCUT2D eigenvalue weighted by Crippen LogP contribution is 2.44. The third-order valence-electron chi connectivity index (χ3n) is 4.14. The van der Waals surface area contributed by atoms with Crippen LogP contribution >= 0.6 is 0 Å². The Morgan fingerprint density at radius 1 is 1.18 bits per heavy atom. The molecule has 0 spiro atoms. The zero-order valence-electron chi connectivity index (χ0n) is 10.5. The van der Waals surface area contributed by atoms with Gasteiger partial charge in [0.05, 0.1) is 18.3 Å². The summed E-state index contributed by atoms with van der Waals surface area (Å²) >= 11 is 0. The van der Waals surface area contributed by atoms with Gasteiger partial charge < -0.3 is 9.84 Å². The van der Waals surface area contributed by atoms with Crippen LogP contribution in [0.3, 0.4) is 0 Å². The van der Waals surface area contributed by atoms with Crippen LogP contribution in [0.25, 0.3) is 0 Å². The maximum Gasteiger partial charge on any atom is 0.0844 e. The van der Waals surface area contributed by atoms with Crippen molar-refractivity contribution >= 4 is 0 Å². The summed E-state index contributed by atoms with van der Waals surface area (Å²) in [6, 6.07) is 6.35. The lowest BCUT2D eigenvalue weighted by Crippen LogP contribution is -2.23. The first-order valence-electron chi connectivity index (χ1n) is 6.55. The van der Waals surface area contributed by atoms with Crippen LogP contribution in [-0.4, -0.2) is 17.3 Å². The second-order valence-corrected chi connectivity index (χ2v) is 5.64. The van der Waals surface area contributed by atoms with Crippen LogP contribution in [0.15, 0.2) is 18.2 Å². The van der Waals surface area contributed by atoms with E-state index in [1.54, 1.807) is 0 Å². The highest BCUT2D eigenvalue weighted by Gasteiger charge is 2.44. The van der Waals surface area contributed by atoms with Gasteiger partial charge in [0.2, 0.25) is 0 Å². The molecule has 2 fully saturated rings. The summed E-state index contributed by atoms with van der Waals surface area (Å²) in [5.74, 6) is 0.301. The minimum Gasteiger partial charge on any atom is -0.388 e. The number of aliphatic hydroxyl groups excluding tert-OH is 1. The van der Waals surface area contributed by atoms with Crippen molar-refractivity contribution < 1.29 is 9.84 Å². The van der Waals surface area contributed by atoms with E-state index in [1.807, 2.05) is 0 Å². The second kappa shape index (κ2) is 4.11. The van der Waals surface area contributed by atoms with Crippen LogP contribution in [0, 0.1) is 19.8 Å². The molecule has 0 amide bonds. The van der Waals surface area contributed by atoms with Gasteiger partial charge in [-0.25, -0.2) is 0 Å². The molecule has 2 saturated heterocycles. The van der Waals surface area contributed by atoms with Crippen LogP contribution in [0.5, 0.6) is 0 Å². The average Bonchev–Trinajstić information content (AvgIpc) is 2.88. The standard InChI is InChI=1S/C15H20O2/c1-9-5-10(2)7-11(6-9)15(16)13-8-12-3-4-14(13)17-12/h5-7,12-16H,3-4,8H2,1-2H3. The van der Waals surface area contributed by atoms with Crippen molar-refractivity contribution in [3.05, 3.63) is 34.9 Å². The second-order valence-electron chi connectivity index (χ2n) is 5.64. The smallest absolute Gasteiger partial charge is 0.0844 e. The van der Waals surface area contributed by atoms with Crippen molar-refractivity contribution in [3.8, 4) is 0 Å². The molecule has 0 saturated carbocycles. The monoisotopic (exact) mass is 232 g/mol. The van der Waals surface area contributed by atoms with Gasteiger partial charge in [-0.05, 0) is 38.7 Å². The molecule has 2 aliphatic heterocycles. The van der Waals surface area contributed by atoms with Gasteiger partial charge in [0.15, 0.2) is 0 Å². The average molecular weight is 232 g/mol. The Balaban J connectivity index is 1.83. The number of benzene rings is 1. The Bertz CT molecular complexity index is 407. The van der Waals surface area contributed by atoms with E-state index in [9.17, 15) is 5.11 Å². The van der Waals surface area contributed by atoms with E-state index in [0.29, 0.717) is 12.0 Å². The first-order valence-corrected chi connectivity index (χ1v) is 6.55. The van der Waals surface area contributed by atoms with Gasteiger partial charge in [0, 0.05) is 5.92 Å². The van der Waals surface area contributed by atoms with Crippen molar-refractivity contribution in [3.63, 3.8) is 0 Å². The highest BCUT2D eigenvalue weighted by atomic mass is 16.5. The third-order valence-corrected chi connectivity index (χ3v) is 4.14. The molecule has 3 rings (SSSR count). The maximum atomic E-state index is 10.5. The molecule has 2 nitrogen and oxygen atoms in total. The molecule has 1 N–H and O–H groups in total. The number of aliphatic hydroxyl groups is 1. The Hall–Kier alpha value is -0.860. The predicted molar refractivity (Wildman–Crippen MR) is 66.9 cm³/mol. The van der Waals surface area contributed by atoms with E-state index in [-0.39, 0.29) is 12.2 Å². The largest absolute Gasteiger partial charge is 0.388 e. The van der Waals surface area contributed by atoms with Gasteiger partial charge >= 0.3 is 0 Å². The van der Waals surface area contributed by atoms with Crippen LogP contribution in [0.1, 0.15) is 42.1 Å². The number of ether oxygens (including phenoxy) is 1. The van der Waals surface area contributed by atoms with Crippen LogP contribution in [0.4, 0.5) is 0 Å². The van der Waals surface area contributed by atoms with Gasteiger partial charge in [-0.1, -0.05) is 29.3 Å². The van der Waals surface area contributed by atoms with E-state index in [0.717, 1.165) is 18.4 Å². The molecule has 2 aliphatic rings. The Morgan fingerprint density at radius 3 is 2.41 bits per heavy atom. The van der Waals surface area contributed by atoms with Crippen molar-refractivity contribution in [2.75, 3.05) is 0 Å². The number of hydrogen-bond acceptors (Lipinski definition) is 2. The molecule has 1 aromatic carbocycles. The van der Waals surface area contributed by atoms with Crippen LogP contribution < -0.4 is 0 Å². The summed E-state index contributed by atoms with van der Waals surface area (Å²) < 4.78 is 5.83. The molecule has 2 heterocycles. The molecule has 92 valence electrons. The number of hydrogen-bond donors (Lipinski definition) is 1. The molecule has 2 heteroatoms. The Kier molecular flexibility index (Phi) is 2.72. The third kappa shape index (κ3) is 2.00. The summed E-state index contributed by atoms with van der Waals surface area (Å²) in [6.07, 6.45) is 3.67. The summed E-state index contributed by atoms with van der Waals surface area (Å²) in [6.45, 7) is 4.17. The predicted octanol–water partition coefficient (Wildman–Crippen LogP) is 2.90. The van der Waals surface area contributed by atoms with E-state index in [1.165, 1.54) is 17.5 Å². The summed E-state index contributed by atoms with van der Waals surface area (Å²) in [7, 11) is 0. The van der Waals surface area contributed by atoms with E-state index in [4.69, 9.17) is 4.74 Å². The van der Waals surface area contributed by atoms with Crippen LogP contribution in [-0.2, 0) is 4.74 Å². The molecule has 17 heavy (non-hydrogen) atoms. The molecule has 2 bridgehead atoms. The van der Waals surface area contributed by atoms with Crippen molar-refractivity contribution in [2.24, 2.45) is 5.92 Å². The van der Waals surface area contributed by atoms with Crippen molar-refractivity contribution in [1.82, 2.24) is 0 Å². The molecule has 4 atom stereocenters. The fraction of sp³-hybridized carbons (Fsp3) is 0.600. The van der Waals surface area contributed by atoms with E-state index in [2.05, 4.69) is 32.0 Å². The summed E-state index contributed by atoms with van der Waals surface area (Å²) in [5.41, 5.74) is 3.51. The minimum absolute atomic E-state index is 0.288. The quantitative estimate of drug-likeness (QED) is 0.849.